The Kier molecular flexibility index (Phi) is 11.3. The molecular formula is C26H38N4O. The second-order valence-corrected chi connectivity index (χ2v) is 6.31. The number of nitrogens with zero attached hydrogens (tertiary/aromatic N) is 4. The number of aromatic nitrogens is 2. The number of fused-ring (bicyclic) bond motifs is 1. The minimum atomic E-state index is 0.175. The summed E-state index contributed by atoms with van der Waals surface area (Å²) in [6.45, 7) is 17.1. The zero-order valence-corrected chi connectivity index (χ0v) is 20.4. The van der Waals surface area contributed by atoms with Gasteiger partial charge >= 0.3 is 0 Å². The van der Waals surface area contributed by atoms with Crippen molar-refractivity contribution < 1.29 is 4.79 Å². The van der Waals surface area contributed by atoms with Crippen LogP contribution >= 0.6 is 0 Å². The van der Waals surface area contributed by atoms with Gasteiger partial charge in [-0.3, -0.25) is 4.79 Å². The van der Waals surface area contributed by atoms with Crippen molar-refractivity contribution in [2.75, 3.05) is 18.2 Å². The minimum Gasteiger partial charge on any atom is -0.320 e. The number of hydrogen-bond donors (Lipinski definition) is 0. The van der Waals surface area contributed by atoms with Gasteiger partial charge in [0.05, 0.1) is 18.9 Å². The second kappa shape index (κ2) is 13.4. The highest BCUT2D eigenvalue weighted by Crippen LogP contribution is 2.31. The van der Waals surface area contributed by atoms with Gasteiger partial charge in [-0.25, -0.2) is 9.97 Å². The van der Waals surface area contributed by atoms with Gasteiger partial charge in [0.25, 0.3) is 0 Å². The summed E-state index contributed by atoms with van der Waals surface area (Å²) < 4.78 is 0. The summed E-state index contributed by atoms with van der Waals surface area (Å²) in [5, 5.41) is 1.02. The minimum absolute atomic E-state index is 0.175. The number of rotatable bonds is 3. The standard InChI is InChI=1S/C20H20N4O.3C2H6/c1-3-18(25)23-12-24(13-23)20-16-10-6-7-11-17(16)21-19(22-20)15-9-5-4-8-14(15)2;3*1-2/h4-11H,3,12-13H2,1-2H3;3*1-2H3. The molecule has 0 N–H and O–H groups in total. The van der Waals surface area contributed by atoms with Crippen LogP contribution in [0.25, 0.3) is 22.3 Å². The molecule has 5 heteroatoms. The lowest BCUT2D eigenvalue weighted by atomic mass is 10.1. The summed E-state index contributed by atoms with van der Waals surface area (Å²) in [7, 11) is 0. The van der Waals surface area contributed by atoms with Gasteiger partial charge in [0.15, 0.2) is 5.82 Å². The van der Waals surface area contributed by atoms with Crippen LogP contribution in [0.4, 0.5) is 5.82 Å². The number of anilines is 1. The highest BCUT2D eigenvalue weighted by Gasteiger charge is 2.29. The number of hydrogen-bond acceptors (Lipinski definition) is 4. The molecule has 1 aliphatic rings. The van der Waals surface area contributed by atoms with Gasteiger partial charge in [-0.15, -0.1) is 0 Å². The summed E-state index contributed by atoms with van der Waals surface area (Å²) in [5.74, 6) is 1.80. The zero-order valence-electron chi connectivity index (χ0n) is 20.4. The van der Waals surface area contributed by atoms with Crippen LogP contribution in [0, 0.1) is 6.92 Å². The molecular weight excluding hydrogens is 384 g/mol. The maximum atomic E-state index is 11.8. The van der Waals surface area contributed by atoms with Crippen LogP contribution < -0.4 is 4.90 Å². The van der Waals surface area contributed by atoms with Gasteiger partial charge in [0.1, 0.15) is 5.82 Å². The zero-order chi connectivity index (χ0) is 23.4. The molecule has 0 radical (unpaired) electrons. The Labute approximate surface area is 188 Å². The Bertz CT molecular complexity index is 949. The molecule has 1 aromatic heterocycles. The predicted molar refractivity (Wildman–Crippen MR) is 133 cm³/mol. The summed E-state index contributed by atoms with van der Waals surface area (Å²) in [6, 6.07) is 16.2. The third-order valence-electron chi connectivity index (χ3n) is 4.61. The molecule has 5 nitrogen and oxygen atoms in total. The fourth-order valence-corrected chi connectivity index (χ4v) is 3.13. The smallest absolute Gasteiger partial charge is 0.225 e. The summed E-state index contributed by atoms with van der Waals surface area (Å²) in [5.41, 5.74) is 3.11. The van der Waals surface area contributed by atoms with Crippen molar-refractivity contribution in [2.45, 2.75) is 61.8 Å². The molecule has 2 aromatic carbocycles. The van der Waals surface area contributed by atoms with E-state index in [1.807, 2.05) is 95.8 Å². The molecule has 4 rings (SSSR count). The molecule has 1 saturated heterocycles. The largest absolute Gasteiger partial charge is 0.320 e. The quantitative estimate of drug-likeness (QED) is 0.474. The number of carbonyl (C=O) groups is 1. The van der Waals surface area contributed by atoms with Gasteiger partial charge in [0, 0.05) is 17.4 Å². The van der Waals surface area contributed by atoms with E-state index in [0.717, 1.165) is 33.7 Å². The Morgan fingerprint density at radius 1 is 0.871 bits per heavy atom. The van der Waals surface area contributed by atoms with E-state index >= 15 is 0 Å². The lowest BCUT2D eigenvalue weighted by molar-refractivity contribution is -0.134. The van der Waals surface area contributed by atoms with Gasteiger partial charge in [-0.05, 0) is 24.6 Å². The Morgan fingerprint density at radius 3 is 2.06 bits per heavy atom. The van der Waals surface area contributed by atoms with Gasteiger partial charge < -0.3 is 9.80 Å². The van der Waals surface area contributed by atoms with E-state index in [0.29, 0.717) is 19.8 Å². The van der Waals surface area contributed by atoms with Crippen LogP contribution in [0.5, 0.6) is 0 Å². The van der Waals surface area contributed by atoms with Crippen molar-refractivity contribution in [3.8, 4) is 11.4 Å². The van der Waals surface area contributed by atoms with E-state index in [9.17, 15) is 4.79 Å². The van der Waals surface area contributed by atoms with Crippen molar-refractivity contribution in [1.82, 2.24) is 14.9 Å². The molecule has 0 spiro atoms. The lowest BCUT2D eigenvalue weighted by Crippen LogP contribution is -2.58. The van der Waals surface area contributed by atoms with E-state index < -0.39 is 0 Å². The van der Waals surface area contributed by atoms with E-state index in [4.69, 9.17) is 9.97 Å². The van der Waals surface area contributed by atoms with E-state index in [1.165, 1.54) is 0 Å². The maximum Gasteiger partial charge on any atom is 0.225 e. The molecule has 1 aliphatic heterocycles. The molecule has 2 heterocycles. The third-order valence-corrected chi connectivity index (χ3v) is 4.61. The fraction of sp³-hybridized carbons (Fsp3) is 0.423. The Morgan fingerprint density at radius 2 is 1.45 bits per heavy atom. The summed E-state index contributed by atoms with van der Waals surface area (Å²) >= 11 is 0. The Hall–Kier alpha value is -2.95. The van der Waals surface area contributed by atoms with Gasteiger partial charge in [-0.1, -0.05) is 84.9 Å². The van der Waals surface area contributed by atoms with Crippen LogP contribution in [0.3, 0.4) is 0 Å². The topological polar surface area (TPSA) is 49.3 Å². The molecule has 3 aromatic rings. The van der Waals surface area contributed by atoms with Crippen molar-refractivity contribution in [3.63, 3.8) is 0 Å². The number of carbonyl (C=O) groups excluding carboxylic acids is 1. The molecule has 0 bridgehead atoms. The first kappa shape index (κ1) is 26.1. The van der Waals surface area contributed by atoms with Crippen LogP contribution in [0.1, 0.15) is 60.5 Å². The van der Waals surface area contributed by atoms with E-state index in [2.05, 4.69) is 17.9 Å². The average molecular weight is 423 g/mol. The van der Waals surface area contributed by atoms with Crippen molar-refractivity contribution in [3.05, 3.63) is 54.1 Å². The monoisotopic (exact) mass is 422 g/mol. The average Bonchev–Trinajstić information content (AvgIpc) is 2.82. The third kappa shape index (κ3) is 6.03. The van der Waals surface area contributed by atoms with Gasteiger partial charge in [0.2, 0.25) is 5.91 Å². The molecule has 1 fully saturated rings. The highest BCUT2D eigenvalue weighted by atomic mass is 16.2. The molecule has 0 aliphatic carbocycles. The van der Waals surface area contributed by atoms with Crippen molar-refractivity contribution in [2.24, 2.45) is 0 Å². The van der Waals surface area contributed by atoms with Crippen LogP contribution in [0.15, 0.2) is 48.5 Å². The normalized spacial score (nSPS) is 11.7. The van der Waals surface area contributed by atoms with E-state index in [-0.39, 0.29) is 5.91 Å². The Balaban J connectivity index is 0.000000739. The number of aryl methyl sites for hydroxylation is 1. The number of amides is 1. The highest BCUT2D eigenvalue weighted by molar-refractivity contribution is 5.92. The van der Waals surface area contributed by atoms with Crippen LogP contribution in [0.2, 0.25) is 0 Å². The molecule has 0 saturated carbocycles. The second-order valence-electron chi connectivity index (χ2n) is 6.31. The van der Waals surface area contributed by atoms with Crippen molar-refractivity contribution in [1.29, 1.82) is 0 Å². The summed E-state index contributed by atoms with van der Waals surface area (Å²) in [6.07, 6.45) is 0.535. The molecule has 168 valence electrons. The molecule has 0 atom stereocenters. The molecule has 1 amide bonds. The first-order chi connectivity index (χ1) is 15.2. The van der Waals surface area contributed by atoms with Crippen LogP contribution in [-0.2, 0) is 4.79 Å². The molecule has 31 heavy (non-hydrogen) atoms. The predicted octanol–water partition coefficient (Wildman–Crippen LogP) is 6.66. The van der Waals surface area contributed by atoms with E-state index in [1.54, 1.807) is 0 Å². The van der Waals surface area contributed by atoms with Crippen LogP contribution in [-0.4, -0.2) is 34.1 Å². The maximum absolute atomic E-state index is 11.8. The summed E-state index contributed by atoms with van der Waals surface area (Å²) in [4.78, 5) is 25.4. The SMILES string of the molecule is CC.CC.CC.CCC(=O)N1CN(c2nc(-c3ccccc3C)nc3ccccc23)C1. The molecule has 0 unspecified atom stereocenters. The fourth-order valence-electron chi connectivity index (χ4n) is 3.13. The van der Waals surface area contributed by atoms with Gasteiger partial charge in [-0.2, -0.15) is 0 Å². The first-order valence-corrected chi connectivity index (χ1v) is 11.5. The number of benzene rings is 2. The number of para-hydroxylation sites is 1. The van der Waals surface area contributed by atoms with Crippen molar-refractivity contribution >= 4 is 22.6 Å². The first-order valence-electron chi connectivity index (χ1n) is 11.5. The lowest BCUT2D eigenvalue weighted by Gasteiger charge is -2.43.